The zero-order valence-electron chi connectivity index (χ0n) is 14.1. The summed E-state index contributed by atoms with van der Waals surface area (Å²) in [5.74, 6) is -0.514. The SMILES string of the molecule is COC(=O)[C@H]1CC[C@@H](c2cncc(Br)c2O)N1C(=O)OC(C)(C)C. The third-order valence-corrected chi connectivity index (χ3v) is 4.30. The van der Waals surface area contributed by atoms with Crippen molar-refractivity contribution in [2.24, 2.45) is 0 Å². The Morgan fingerprint density at radius 3 is 2.58 bits per heavy atom. The second-order valence-electron chi connectivity index (χ2n) is 6.58. The molecule has 1 amide bonds. The lowest BCUT2D eigenvalue weighted by atomic mass is 10.1. The number of likely N-dealkylation sites (tertiary alicyclic amines) is 1. The largest absolute Gasteiger partial charge is 0.506 e. The van der Waals surface area contributed by atoms with Crippen molar-refractivity contribution in [3.05, 3.63) is 22.4 Å². The Labute approximate surface area is 149 Å². The number of esters is 1. The Kier molecular flexibility index (Phi) is 5.37. The first kappa shape index (κ1) is 18.5. The van der Waals surface area contributed by atoms with Crippen LogP contribution in [0.15, 0.2) is 16.9 Å². The molecular formula is C16H21BrN2O5. The molecule has 1 aromatic heterocycles. The summed E-state index contributed by atoms with van der Waals surface area (Å²) in [7, 11) is 1.28. The highest BCUT2D eigenvalue weighted by Crippen LogP contribution is 2.42. The summed E-state index contributed by atoms with van der Waals surface area (Å²) >= 11 is 3.22. The van der Waals surface area contributed by atoms with Crippen molar-refractivity contribution in [1.82, 2.24) is 9.88 Å². The van der Waals surface area contributed by atoms with Crippen LogP contribution >= 0.6 is 15.9 Å². The normalized spacial score (nSPS) is 20.8. The molecule has 0 unspecified atom stereocenters. The number of hydrogen-bond donors (Lipinski definition) is 1. The molecule has 0 radical (unpaired) electrons. The molecule has 0 spiro atoms. The highest BCUT2D eigenvalue weighted by molar-refractivity contribution is 9.10. The Morgan fingerprint density at radius 1 is 1.33 bits per heavy atom. The Bertz CT molecular complexity index is 644. The van der Waals surface area contributed by atoms with Crippen LogP contribution in [0.1, 0.15) is 45.2 Å². The predicted molar refractivity (Wildman–Crippen MR) is 89.5 cm³/mol. The summed E-state index contributed by atoms with van der Waals surface area (Å²) in [4.78, 5) is 30.1. The van der Waals surface area contributed by atoms with Crippen LogP contribution in [-0.2, 0) is 14.3 Å². The van der Waals surface area contributed by atoms with Crippen LogP contribution in [0.2, 0.25) is 0 Å². The first-order valence-electron chi connectivity index (χ1n) is 7.57. The van der Waals surface area contributed by atoms with E-state index in [4.69, 9.17) is 9.47 Å². The van der Waals surface area contributed by atoms with Gasteiger partial charge in [-0.1, -0.05) is 0 Å². The Morgan fingerprint density at radius 2 is 2.00 bits per heavy atom. The van der Waals surface area contributed by atoms with Gasteiger partial charge < -0.3 is 14.6 Å². The van der Waals surface area contributed by atoms with E-state index in [2.05, 4.69) is 20.9 Å². The summed E-state index contributed by atoms with van der Waals surface area (Å²) in [6.45, 7) is 5.25. The van der Waals surface area contributed by atoms with Gasteiger partial charge in [0, 0.05) is 18.0 Å². The van der Waals surface area contributed by atoms with Crippen molar-refractivity contribution in [3.8, 4) is 5.75 Å². The molecule has 0 bridgehead atoms. The number of ether oxygens (including phenoxy) is 2. The van der Waals surface area contributed by atoms with Crippen LogP contribution in [0.5, 0.6) is 5.75 Å². The topological polar surface area (TPSA) is 89.0 Å². The summed E-state index contributed by atoms with van der Waals surface area (Å²) in [6, 6.07) is -1.28. The monoisotopic (exact) mass is 400 g/mol. The molecule has 1 aromatic rings. The maximum Gasteiger partial charge on any atom is 0.411 e. The number of aromatic hydroxyl groups is 1. The average Bonchev–Trinajstić information content (AvgIpc) is 2.92. The van der Waals surface area contributed by atoms with Crippen LogP contribution in [0.3, 0.4) is 0 Å². The third-order valence-electron chi connectivity index (χ3n) is 3.72. The first-order chi connectivity index (χ1) is 11.2. The molecule has 0 aromatic carbocycles. The minimum atomic E-state index is -0.756. The smallest absolute Gasteiger partial charge is 0.411 e. The second kappa shape index (κ2) is 6.96. The van der Waals surface area contributed by atoms with Gasteiger partial charge in [0.25, 0.3) is 0 Å². The molecule has 0 saturated carbocycles. The van der Waals surface area contributed by atoms with Crippen molar-refractivity contribution < 1.29 is 24.2 Å². The number of carbonyl (C=O) groups is 2. The molecule has 7 nitrogen and oxygen atoms in total. The van der Waals surface area contributed by atoms with E-state index >= 15 is 0 Å². The van der Waals surface area contributed by atoms with Crippen LogP contribution in [0, 0.1) is 0 Å². The fraction of sp³-hybridized carbons (Fsp3) is 0.562. The lowest BCUT2D eigenvalue weighted by molar-refractivity contribution is -0.146. The van der Waals surface area contributed by atoms with Crippen molar-refractivity contribution in [3.63, 3.8) is 0 Å². The van der Waals surface area contributed by atoms with E-state index in [1.807, 2.05) is 0 Å². The number of nitrogens with zero attached hydrogens (tertiary/aromatic N) is 2. The first-order valence-corrected chi connectivity index (χ1v) is 8.36. The molecule has 2 rings (SSSR count). The minimum Gasteiger partial charge on any atom is -0.506 e. The fourth-order valence-electron chi connectivity index (χ4n) is 2.74. The highest BCUT2D eigenvalue weighted by Gasteiger charge is 2.45. The second-order valence-corrected chi connectivity index (χ2v) is 7.43. The number of halogens is 1. The van der Waals surface area contributed by atoms with E-state index in [1.54, 1.807) is 20.8 Å². The molecule has 1 saturated heterocycles. The number of rotatable bonds is 2. The summed E-state index contributed by atoms with van der Waals surface area (Å²) in [5, 5.41) is 10.3. The quantitative estimate of drug-likeness (QED) is 0.766. The molecule has 0 aliphatic carbocycles. The van der Waals surface area contributed by atoms with Crippen LogP contribution < -0.4 is 0 Å². The number of methoxy groups -OCH3 is 1. The standard InChI is InChI=1S/C16H21BrN2O5/c1-16(2,3)24-15(22)19-11(5-6-12(19)14(21)23-4)9-7-18-8-10(17)13(9)20/h7-8,11-12H,5-6H2,1-4H3,(H,18,20)/t11-,12+/m0/s1. The zero-order valence-corrected chi connectivity index (χ0v) is 15.7. The molecule has 8 heteroatoms. The van der Waals surface area contributed by atoms with Gasteiger partial charge in [-0.2, -0.15) is 0 Å². The third kappa shape index (κ3) is 3.80. The highest BCUT2D eigenvalue weighted by atomic mass is 79.9. The molecule has 24 heavy (non-hydrogen) atoms. The fourth-order valence-corrected chi connectivity index (χ4v) is 3.09. The Hall–Kier alpha value is -1.83. The zero-order chi connectivity index (χ0) is 18.1. The number of aromatic nitrogens is 1. The van der Waals surface area contributed by atoms with Gasteiger partial charge in [-0.05, 0) is 49.5 Å². The number of carbonyl (C=O) groups excluding carboxylic acids is 2. The van der Waals surface area contributed by atoms with Gasteiger partial charge in [0.1, 0.15) is 17.4 Å². The van der Waals surface area contributed by atoms with Crippen LogP contribution in [-0.4, -0.2) is 45.8 Å². The van der Waals surface area contributed by atoms with Gasteiger partial charge in [-0.25, -0.2) is 9.59 Å². The summed E-state index contributed by atoms with van der Waals surface area (Å²) in [6.07, 6.45) is 3.23. The maximum absolute atomic E-state index is 12.7. The number of pyridine rings is 1. The molecular weight excluding hydrogens is 380 g/mol. The minimum absolute atomic E-state index is 0.00549. The van der Waals surface area contributed by atoms with E-state index in [0.29, 0.717) is 22.9 Å². The van der Waals surface area contributed by atoms with Gasteiger partial charge in [-0.3, -0.25) is 9.88 Å². The Balaban J connectivity index is 2.41. The predicted octanol–water partition coefficient (Wildman–Crippen LogP) is 3.16. The van der Waals surface area contributed by atoms with Gasteiger partial charge in [0.15, 0.2) is 0 Å². The van der Waals surface area contributed by atoms with Crippen molar-refractivity contribution >= 4 is 28.0 Å². The van der Waals surface area contributed by atoms with Crippen LogP contribution in [0.4, 0.5) is 4.79 Å². The van der Waals surface area contributed by atoms with E-state index in [0.717, 1.165) is 0 Å². The molecule has 132 valence electrons. The van der Waals surface area contributed by atoms with Gasteiger partial charge in [0.05, 0.1) is 17.6 Å². The average molecular weight is 401 g/mol. The van der Waals surface area contributed by atoms with Gasteiger partial charge in [0.2, 0.25) is 0 Å². The molecule has 1 aliphatic rings. The number of hydrogen-bond acceptors (Lipinski definition) is 6. The van der Waals surface area contributed by atoms with Crippen molar-refractivity contribution in [2.45, 2.75) is 51.3 Å². The summed E-state index contributed by atoms with van der Waals surface area (Å²) < 4.78 is 10.7. The molecule has 2 heterocycles. The van der Waals surface area contributed by atoms with E-state index < -0.39 is 29.7 Å². The molecule has 2 atom stereocenters. The summed E-state index contributed by atoms with van der Waals surface area (Å²) in [5.41, 5.74) is -0.246. The van der Waals surface area contributed by atoms with E-state index in [9.17, 15) is 14.7 Å². The van der Waals surface area contributed by atoms with Gasteiger partial charge >= 0.3 is 12.1 Å². The molecule has 1 N–H and O–H groups in total. The maximum atomic E-state index is 12.7. The molecule has 1 aliphatic heterocycles. The van der Waals surface area contributed by atoms with Crippen molar-refractivity contribution in [2.75, 3.05) is 7.11 Å². The number of amides is 1. The van der Waals surface area contributed by atoms with E-state index in [-0.39, 0.29) is 5.75 Å². The van der Waals surface area contributed by atoms with Crippen LogP contribution in [0.25, 0.3) is 0 Å². The van der Waals surface area contributed by atoms with Crippen molar-refractivity contribution in [1.29, 1.82) is 0 Å². The molecule has 1 fully saturated rings. The lowest BCUT2D eigenvalue weighted by Crippen LogP contribution is -2.45. The van der Waals surface area contributed by atoms with E-state index in [1.165, 1.54) is 24.4 Å². The lowest BCUT2D eigenvalue weighted by Gasteiger charge is -2.31. The van der Waals surface area contributed by atoms with Gasteiger partial charge in [-0.15, -0.1) is 0 Å².